The topological polar surface area (TPSA) is 210 Å². The molecular weight excluding hydrogens is 640 g/mol. The van der Waals surface area contributed by atoms with Gasteiger partial charge in [0.1, 0.15) is 11.4 Å². The number of hydrogen-bond acceptors (Lipinski definition) is 7. The Morgan fingerprint density at radius 2 is 1.24 bits per heavy atom. The number of nitrogens with zero attached hydrogens (tertiary/aromatic N) is 2. The van der Waals surface area contributed by atoms with Crippen LogP contribution in [-0.2, 0) is 18.9 Å². The second-order valence-electron chi connectivity index (χ2n) is 12.0. The molecule has 1 aliphatic carbocycles. The van der Waals surface area contributed by atoms with Gasteiger partial charge in [-0.3, -0.25) is 34.2 Å². The van der Waals surface area contributed by atoms with Crippen LogP contribution in [0.5, 0.6) is 0 Å². The summed E-state index contributed by atoms with van der Waals surface area (Å²) in [6, 6.07) is 14.3. The van der Waals surface area contributed by atoms with Gasteiger partial charge in [-0.15, -0.1) is 0 Å². The number of carbonyl (C=O) groups excluding carboxylic acids is 6. The molecule has 2 heterocycles. The molecule has 0 unspecified atom stereocenters. The molecule has 4 amide bonds. The fourth-order valence-electron chi connectivity index (χ4n) is 5.67. The first-order valence-corrected chi connectivity index (χ1v) is 16.1. The molecule has 0 aliphatic heterocycles. The molecule has 0 fully saturated rings. The standard InChI is InChI=1S/C36H38N8O6/c1-43-20-23(18-28(43)35(49)40-15-13-30(37)38)42-36(50)29-17-22(19-44(29)2)41-31(45)10-4-3-7-14-39-34(48)21-11-12-26-27(16-21)33(47)25-9-6-5-8-24(25)32(26)46/h5-6,8-9,11-12,16-20H,3-4,7,10,13-15H2,1-2H3,(H3,37,38)(H,39,48)(H,40,49)(H,41,45)(H,42,50). The van der Waals surface area contributed by atoms with Crippen molar-refractivity contribution in [3.63, 3.8) is 0 Å². The zero-order valence-electron chi connectivity index (χ0n) is 27.7. The summed E-state index contributed by atoms with van der Waals surface area (Å²) in [7, 11) is 3.35. The number of aromatic nitrogens is 2. The number of amidine groups is 1. The Morgan fingerprint density at radius 3 is 1.90 bits per heavy atom. The predicted octanol–water partition coefficient (Wildman–Crippen LogP) is 3.38. The predicted molar refractivity (Wildman–Crippen MR) is 187 cm³/mol. The number of amides is 4. The number of nitrogens with one attached hydrogen (secondary N) is 5. The average Bonchev–Trinajstić information content (AvgIpc) is 3.65. The third-order valence-electron chi connectivity index (χ3n) is 8.25. The first-order chi connectivity index (χ1) is 23.9. The van der Waals surface area contributed by atoms with E-state index in [0.717, 1.165) is 0 Å². The van der Waals surface area contributed by atoms with Gasteiger partial charge in [-0.2, -0.15) is 0 Å². The van der Waals surface area contributed by atoms with Crippen LogP contribution in [0.25, 0.3) is 0 Å². The first-order valence-electron chi connectivity index (χ1n) is 16.1. The van der Waals surface area contributed by atoms with Gasteiger partial charge in [0.05, 0.1) is 17.2 Å². The van der Waals surface area contributed by atoms with E-state index in [-0.39, 0.29) is 71.2 Å². The number of rotatable bonds is 14. The molecule has 0 saturated heterocycles. The Kier molecular flexibility index (Phi) is 10.7. The minimum Gasteiger partial charge on any atom is -0.388 e. The van der Waals surface area contributed by atoms with Gasteiger partial charge < -0.3 is 36.1 Å². The molecule has 0 radical (unpaired) electrons. The van der Waals surface area contributed by atoms with Gasteiger partial charge in [-0.1, -0.05) is 30.7 Å². The van der Waals surface area contributed by atoms with Gasteiger partial charge in [0.15, 0.2) is 11.6 Å². The number of unbranched alkanes of at least 4 members (excludes halogenated alkanes) is 2. The highest BCUT2D eigenvalue weighted by atomic mass is 16.2. The van der Waals surface area contributed by atoms with Crippen molar-refractivity contribution in [3.05, 3.63) is 106 Å². The molecule has 0 spiro atoms. The molecule has 1 aliphatic rings. The number of hydrogen-bond donors (Lipinski definition) is 6. The highest BCUT2D eigenvalue weighted by molar-refractivity contribution is 6.28. The minimum atomic E-state index is -0.426. The fourth-order valence-corrected chi connectivity index (χ4v) is 5.67. The van der Waals surface area contributed by atoms with E-state index in [1.165, 1.54) is 24.3 Å². The molecule has 14 heteroatoms. The molecule has 7 N–H and O–H groups in total. The second-order valence-corrected chi connectivity index (χ2v) is 12.0. The van der Waals surface area contributed by atoms with E-state index in [1.807, 2.05) is 0 Å². The molecule has 4 aromatic rings. The monoisotopic (exact) mass is 678 g/mol. The van der Waals surface area contributed by atoms with E-state index in [0.29, 0.717) is 59.7 Å². The van der Waals surface area contributed by atoms with E-state index in [2.05, 4.69) is 21.3 Å². The lowest BCUT2D eigenvalue weighted by Crippen LogP contribution is -2.28. The Labute approximate surface area is 287 Å². The van der Waals surface area contributed by atoms with Crippen LogP contribution in [0.15, 0.2) is 67.0 Å². The summed E-state index contributed by atoms with van der Waals surface area (Å²) in [6.07, 6.45) is 5.60. The minimum absolute atomic E-state index is 0.0288. The molecule has 0 bridgehead atoms. The summed E-state index contributed by atoms with van der Waals surface area (Å²) in [5.74, 6) is -1.92. The van der Waals surface area contributed by atoms with Crippen molar-refractivity contribution < 1.29 is 28.8 Å². The van der Waals surface area contributed by atoms with Crippen LogP contribution in [0.1, 0.15) is 95.3 Å². The smallest absolute Gasteiger partial charge is 0.272 e. The lowest BCUT2D eigenvalue weighted by atomic mass is 9.83. The summed E-state index contributed by atoms with van der Waals surface area (Å²) in [6.45, 7) is 0.595. The summed E-state index contributed by atoms with van der Waals surface area (Å²) >= 11 is 0. The van der Waals surface area contributed by atoms with Crippen LogP contribution < -0.4 is 27.0 Å². The van der Waals surface area contributed by atoms with Gasteiger partial charge >= 0.3 is 0 Å². The number of benzene rings is 2. The van der Waals surface area contributed by atoms with Crippen molar-refractivity contribution in [2.24, 2.45) is 19.8 Å². The number of fused-ring (bicyclic) bond motifs is 2. The molecule has 14 nitrogen and oxygen atoms in total. The van der Waals surface area contributed by atoms with Gasteiger partial charge in [-0.25, -0.2) is 0 Å². The lowest BCUT2D eigenvalue weighted by Gasteiger charge is -2.18. The molecule has 258 valence electrons. The number of ketones is 2. The van der Waals surface area contributed by atoms with Crippen molar-refractivity contribution in [1.82, 2.24) is 19.8 Å². The first kappa shape index (κ1) is 35.0. The van der Waals surface area contributed by atoms with Crippen molar-refractivity contribution in [2.45, 2.75) is 32.1 Å². The molecular formula is C36H38N8O6. The van der Waals surface area contributed by atoms with Crippen LogP contribution in [0.2, 0.25) is 0 Å². The highest BCUT2D eigenvalue weighted by Crippen LogP contribution is 2.28. The molecule has 5 rings (SSSR count). The largest absolute Gasteiger partial charge is 0.388 e. The molecule has 2 aromatic heterocycles. The molecule has 0 atom stereocenters. The molecule has 50 heavy (non-hydrogen) atoms. The van der Waals surface area contributed by atoms with Crippen LogP contribution in [0.4, 0.5) is 11.4 Å². The maximum Gasteiger partial charge on any atom is 0.272 e. The third-order valence-corrected chi connectivity index (χ3v) is 8.25. The van der Waals surface area contributed by atoms with Gasteiger partial charge in [-0.05, 0) is 43.2 Å². The quantitative estimate of drug-likeness (QED) is 0.0585. The Morgan fingerprint density at radius 1 is 0.660 bits per heavy atom. The van der Waals surface area contributed by atoms with Crippen molar-refractivity contribution in [2.75, 3.05) is 23.7 Å². The van der Waals surface area contributed by atoms with E-state index >= 15 is 0 Å². The average molecular weight is 679 g/mol. The van der Waals surface area contributed by atoms with Crippen LogP contribution in [0, 0.1) is 5.41 Å². The normalized spacial score (nSPS) is 11.7. The Hall–Kier alpha value is -6.31. The highest BCUT2D eigenvalue weighted by Gasteiger charge is 2.30. The fraction of sp³-hybridized carbons (Fsp3) is 0.250. The SMILES string of the molecule is Cn1cc(NC(=O)c2cc(NC(=O)CCCCCNC(=O)c3ccc4c(c3)C(=O)c3ccccc3C4=O)cn2C)cc1C(=O)NCCC(=N)N. The number of aryl methyl sites for hydroxylation is 2. The van der Waals surface area contributed by atoms with Crippen LogP contribution in [-0.4, -0.2) is 63.3 Å². The van der Waals surface area contributed by atoms with Crippen molar-refractivity contribution >= 4 is 52.4 Å². The Balaban J connectivity index is 1.03. The lowest BCUT2D eigenvalue weighted by molar-refractivity contribution is -0.116. The van der Waals surface area contributed by atoms with E-state index in [4.69, 9.17) is 11.1 Å². The van der Waals surface area contributed by atoms with Crippen molar-refractivity contribution in [1.29, 1.82) is 5.41 Å². The third kappa shape index (κ3) is 8.03. The maximum absolute atomic E-state index is 13.0. The van der Waals surface area contributed by atoms with Gasteiger partial charge in [0.2, 0.25) is 5.91 Å². The number of nitrogens with two attached hydrogens (primary N) is 1. The number of anilines is 2. The number of carbonyl (C=O) groups is 6. The maximum atomic E-state index is 13.0. The second kappa shape index (κ2) is 15.3. The molecule has 0 saturated carbocycles. The van der Waals surface area contributed by atoms with E-state index in [1.54, 1.807) is 66.0 Å². The van der Waals surface area contributed by atoms with E-state index in [9.17, 15) is 28.8 Å². The van der Waals surface area contributed by atoms with Gasteiger partial charge in [0, 0.05) is 80.2 Å². The zero-order valence-corrected chi connectivity index (χ0v) is 27.7. The summed E-state index contributed by atoms with van der Waals surface area (Å²) in [4.78, 5) is 76.5. The Bertz CT molecular complexity index is 2020. The zero-order chi connectivity index (χ0) is 35.9. The van der Waals surface area contributed by atoms with E-state index < -0.39 is 5.91 Å². The summed E-state index contributed by atoms with van der Waals surface area (Å²) < 4.78 is 3.16. The van der Waals surface area contributed by atoms with Crippen LogP contribution in [0.3, 0.4) is 0 Å². The molecule has 2 aromatic carbocycles. The van der Waals surface area contributed by atoms with Crippen LogP contribution >= 0.6 is 0 Å². The summed E-state index contributed by atoms with van der Waals surface area (Å²) in [5.41, 5.74) is 8.29. The van der Waals surface area contributed by atoms with Gasteiger partial charge in [0.25, 0.3) is 17.7 Å². The summed E-state index contributed by atoms with van der Waals surface area (Å²) in [5, 5.41) is 18.3. The van der Waals surface area contributed by atoms with Crippen molar-refractivity contribution in [3.8, 4) is 0 Å².